The van der Waals surface area contributed by atoms with E-state index in [1.54, 1.807) is 12.0 Å². The van der Waals surface area contributed by atoms with Gasteiger partial charge in [0.1, 0.15) is 11.6 Å². The second-order valence-electron chi connectivity index (χ2n) is 7.39. The van der Waals surface area contributed by atoms with Gasteiger partial charge in [0.25, 0.3) is 5.91 Å². The molecule has 0 aromatic heterocycles. The summed E-state index contributed by atoms with van der Waals surface area (Å²) in [5, 5.41) is 0. The summed E-state index contributed by atoms with van der Waals surface area (Å²) in [5.41, 5.74) is 0. The van der Waals surface area contributed by atoms with E-state index in [1.807, 2.05) is 4.90 Å². The van der Waals surface area contributed by atoms with E-state index >= 15 is 0 Å². The van der Waals surface area contributed by atoms with Crippen LogP contribution in [-0.4, -0.2) is 68.1 Å². The summed E-state index contributed by atoms with van der Waals surface area (Å²) in [6.07, 6.45) is 2.36. The molecule has 3 rings (SSSR count). The standard InChI is InChI=1S/C20H27FN2O4/c1-26-13-16-10-19(24)23(12-16)11-15-6-8-22(9-7-15)20(25)14-27-18-4-2-17(21)3-5-18/h2-5,15-16H,6-14H2,1H3. The molecule has 1 aromatic rings. The van der Waals surface area contributed by atoms with Gasteiger partial charge in [-0.1, -0.05) is 0 Å². The lowest BCUT2D eigenvalue weighted by Gasteiger charge is -2.34. The van der Waals surface area contributed by atoms with Crippen molar-refractivity contribution in [2.24, 2.45) is 11.8 Å². The van der Waals surface area contributed by atoms with E-state index in [4.69, 9.17) is 9.47 Å². The van der Waals surface area contributed by atoms with Crippen molar-refractivity contribution in [2.75, 3.05) is 46.5 Å². The molecule has 0 N–H and O–H groups in total. The van der Waals surface area contributed by atoms with Crippen molar-refractivity contribution in [3.05, 3.63) is 30.1 Å². The molecule has 148 valence electrons. The molecule has 27 heavy (non-hydrogen) atoms. The minimum absolute atomic E-state index is 0.0421. The van der Waals surface area contributed by atoms with Crippen LogP contribution in [0.4, 0.5) is 4.39 Å². The molecule has 6 nitrogen and oxygen atoms in total. The fourth-order valence-electron chi connectivity index (χ4n) is 3.82. The highest BCUT2D eigenvalue weighted by atomic mass is 19.1. The average Bonchev–Trinajstić information content (AvgIpc) is 3.01. The number of hydrogen-bond donors (Lipinski definition) is 0. The van der Waals surface area contributed by atoms with Crippen molar-refractivity contribution in [1.82, 2.24) is 9.80 Å². The number of carbonyl (C=O) groups is 2. The molecular weight excluding hydrogens is 351 g/mol. The Balaban J connectivity index is 1.39. The number of likely N-dealkylation sites (tertiary alicyclic amines) is 2. The Morgan fingerprint density at radius 3 is 2.56 bits per heavy atom. The Labute approximate surface area is 159 Å². The maximum atomic E-state index is 12.9. The van der Waals surface area contributed by atoms with Crippen molar-refractivity contribution in [3.63, 3.8) is 0 Å². The molecule has 0 radical (unpaired) electrons. The van der Waals surface area contributed by atoms with Crippen LogP contribution in [0.25, 0.3) is 0 Å². The average molecular weight is 378 g/mol. The Kier molecular flexibility index (Phi) is 6.66. The highest BCUT2D eigenvalue weighted by molar-refractivity contribution is 5.79. The van der Waals surface area contributed by atoms with Gasteiger partial charge in [0.15, 0.2) is 6.61 Å². The van der Waals surface area contributed by atoms with E-state index in [9.17, 15) is 14.0 Å². The van der Waals surface area contributed by atoms with Gasteiger partial charge in [-0.2, -0.15) is 0 Å². The number of ether oxygens (including phenoxy) is 2. The molecule has 7 heteroatoms. The fraction of sp³-hybridized carbons (Fsp3) is 0.600. The molecule has 2 heterocycles. The third-order valence-electron chi connectivity index (χ3n) is 5.32. The highest BCUT2D eigenvalue weighted by Crippen LogP contribution is 2.24. The first-order valence-corrected chi connectivity index (χ1v) is 9.48. The number of hydrogen-bond acceptors (Lipinski definition) is 4. The molecule has 2 aliphatic heterocycles. The van der Waals surface area contributed by atoms with Crippen molar-refractivity contribution in [3.8, 4) is 5.75 Å². The van der Waals surface area contributed by atoms with Gasteiger partial charge in [-0.15, -0.1) is 0 Å². The minimum Gasteiger partial charge on any atom is -0.484 e. The summed E-state index contributed by atoms with van der Waals surface area (Å²) < 4.78 is 23.5. The Morgan fingerprint density at radius 2 is 1.89 bits per heavy atom. The maximum absolute atomic E-state index is 12.9. The molecule has 2 aliphatic rings. The number of halogens is 1. The Morgan fingerprint density at radius 1 is 1.19 bits per heavy atom. The molecule has 2 amide bonds. The molecule has 0 spiro atoms. The second-order valence-corrected chi connectivity index (χ2v) is 7.39. The number of rotatable bonds is 7. The third-order valence-corrected chi connectivity index (χ3v) is 5.32. The molecular formula is C20H27FN2O4. The van der Waals surface area contributed by atoms with Crippen molar-refractivity contribution in [1.29, 1.82) is 0 Å². The maximum Gasteiger partial charge on any atom is 0.260 e. The second kappa shape index (κ2) is 9.17. The predicted octanol–water partition coefficient (Wildman–Crippen LogP) is 1.94. The van der Waals surface area contributed by atoms with Gasteiger partial charge < -0.3 is 19.3 Å². The summed E-state index contributed by atoms with van der Waals surface area (Å²) in [6, 6.07) is 5.64. The van der Waals surface area contributed by atoms with Crippen LogP contribution in [0.5, 0.6) is 5.75 Å². The lowest BCUT2D eigenvalue weighted by Crippen LogP contribution is -2.43. The predicted molar refractivity (Wildman–Crippen MR) is 97.8 cm³/mol. The zero-order chi connectivity index (χ0) is 19.2. The van der Waals surface area contributed by atoms with E-state index in [2.05, 4.69) is 0 Å². The van der Waals surface area contributed by atoms with E-state index < -0.39 is 0 Å². The van der Waals surface area contributed by atoms with Crippen LogP contribution in [0, 0.1) is 17.7 Å². The summed E-state index contributed by atoms with van der Waals surface area (Å²) >= 11 is 0. The van der Waals surface area contributed by atoms with Gasteiger partial charge in [0.2, 0.25) is 5.91 Å². The zero-order valence-corrected chi connectivity index (χ0v) is 15.7. The lowest BCUT2D eigenvalue weighted by molar-refractivity contribution is -0.135. The van der Waals surface area contributed by atoms with Crippen molar-refractivity contribution >= 4 is 11.8 Å². The van der Waals surface area contributed by atoms with Crippen LogP contribution in [0.3, 0.4) is 0 Å². The summed E-state index contributed by atoms with van der Waals surface area (Å²) in [5.74, 6) is 1.03. The summed E-state index contributed by atoms with van der Waals surface area (Å²) in [4.78, 5) is 28.2. The SMILES string of the molecule is COCC1CC(=O)N(CC2CCN(C(=O)COc3ccc(F)cc3)CC2)C1. The molecule has 0 aliphatic carbocycles. The summed E-state index contributed by atoms with van der Waals surface area (Å²) in [6.45, 7) is 3.49. The highest BCUT2D eigenvalue weighted by Gasteiger charge is 2.32. The van der Waals surface area contributed by atoms with E-state index in [0.29, 0.717) is 43.7 Å². The van der Waals surface area contributed by atoms with Gasteiger partial charge in [0, 0.05) is 45.6 Å². The van der Waals surface area contributed by atoms with Crippen LogP contribution in [-0.2, 0) is 14.3 Å². The first-order chi connectivity index (χ1) is 13.0. The number of piperidine rings is 1. The van der Waals surface area contributed by atoms with Crippen LogP contribution in [0.1, 0.15) is 19.3 Å². The summed E-state index contributed by atoms with van der Waals surface area (Å²) in [7, 11) is 1.67. The van der Waals surface area contributed by atoms with E-state index in [1.165, 1.54) is 24.3 Å². The molecule has 2 saturated heterocycles. The molecule has 1 aromatic carbocycles. The molecule has 1 unspecified atom stereocenters. The number of amides is 2. The first-order valence-electron chi connectivity index (χ1n) is 9.48. The fourth-order valence-corrected chi connectivity index (χ4v) is 3.82. The van der Waals surface area contributed by atoms with Crippen LogP contribution in [0.15, 0.2) is 24.3 Å². The molecule has 2 fully saturated rings. The lowest BCUT2D eigenvalue weighted by atomic mass is 9.96. The van der Waals surface area contributed by atoms with Crippen LogP contribution < -0.4 is 4.74 Å². The Hall–Kier alpha value is -2.15. The smallest absolute Gasteiger partial charge is 0.260 e. The molecule has 1 atom stereocenters. The quantitative estimate of drug-likeness (QED) is 0.728. The molecule has 0 bridgehead atoms. The number of carbonyl (C=O) groups excluding carboxylic acids is 2. The van der Waals surface area contributed by atoms with E-state index in [0.717, 1.165) is 25.9 Å². The van der Waals surface area contributed by atoms with Crippen molar-refractivity contribution < 1.29 is 23.5 Å². The molecule has 0 saturated carbocycles. The number of methoxy groups -OCH3 is 1. The van der Waals surface area contributed by atoms with Gasteiger partial charge in [0.05, 0.1) is 6.61 Å². The number of benzene rings is 1. The van der Waals surface area contributed by atoms with Crippen molar-refractivity contribution in [2.45, 2.75) is 19.3 Å². The largest absolute Gasteiger partial charge is 0.484 e. The number of nitrogens with zero attached hydrogens (tertiary/aromatic N) is 2. The first kappa shape index (κ1) is 19.6. The minimum atomic E-state index is -0.333. The Bertz CT molecular complexity index is 644. The normalized spacial score (nSPS) is 21.0. The zero-order valence-electron chi connectivity index (χ0n) is 15.7. The van der Waals surface area contributed by atoms with Gasteiger partial charge in [-0.3, -0.25) is 9.59 Å². The topological polar surface area (TPSA) is 59.1 Å². The van der Waals surface area contributed by atoms with Crippen LogP contribution >= 0.6 is 0 Å². The van der Waals surface area contributed by atoms with Gasteiger partial charge >= 0.3 is 0 Å². The van der Waals surface area contributed by atoms with Gasteiger partial charge in [-0.25, -0.2) is 4.39 Å². The van der Waals surface area contributed by atoms with Crippen LogP contribution in [0.2, 0.25) is 0 Å². The van der Waals surface area contributed by atoms with E-state index in [-0.39, 0.29) is 24.2 Å². The third kappa shape index (κ3) is 5.42. The monoisotopic (exact) mass is 378 g/mol. The van der Waals surface area contributed by atoms with Gasteiger partial charge in [-0.05, 0) is 43.0 Å².